The van der Waals surface area contributed by atoms with Crippen LogP contribution in [0.1, 0.15) is 41.4 Å². The van der Waals surface area contributed by atoms with Gasteiger partial charge in [0.25, 0.3) is 5.91 Å². The van der Waals surface area contributed by atoms with Gasteiger partial charge in [-0.15, -0.1) is 11.3 Å². The molecule has 3 amide bonds. The molecule has 138 valence electrons. The lowest BCUT2D eigenvalue weighted by atomic mass is 10.1. The molecule has 1 heterocycles. The Balaban J connectivity index is 1.79. The fourth-order valence-corrected chi connectivity index (χ4v) is 2.88. The summed E-state index contributed by atoms with van der Waals surface area (Å²) in [6.45, 7) is 4.11. The van der Waals surface area contributed by atoms with E-state index in [1.54, 1.807) is 25.1 Å². The highest BCUT2D eigenvalue weighted by atomic mass is 32.1. The molecule has 0 radical (unpaired) electrons. The van der Waals surface area contributed by atoms with E-state index in [9.17, 15) is 14.4 Å². The highest BCUT2D eigenvalue weighted by Gasteiger charge is 2.09. The van der Waals surface area contributed by atoms with Crippen molar-refractivity contribution < 1.29 is 14.4 Å². The molecule has 0 saturated heterocycles. The van der Waals surface area contributed by atoms with E-state index in [0.29, 0.717) is 42.1 Å². The summed E-state index contributed by atoms with van der Waals surface area (Å²) in [5.74, 6) is -0.319. The topological polar surface area (TPSA) is 87.3 Å². The SMILES string of the molecule is CCC(=O)Nc1ccc(C)c(NC(=O)CCCNC(=O)c2cccs2)c1. The minimum absolute atomic E-state index is 0.0763. The van der Waals surface area contributed by atoms with Gasteiger partial charge in [-0.2, -0.15) is 0 Å². The van der Waals surface area contributed by atoms with Crippen LogP contribution in [0.5, 0.6) is 0 Å². The Morgan fingerprint density at radius 3 is 2.58 bits per heavy atom. The number of carbonyl (C=O) groups excluding carboxylic acids is 3. The fraction of sp³-hybridized carbons (Fsp3) is 0.316. The molecule has 26 heavy (non-hydrogen) atoms. The predicted molar refractivity (Wildman–Crippen MR) is 105 cm³/mol. The van der Waals surface area contributed by atoms with Gasteiger partial charge in [0.15, 0.2) is 0 Å². The maximum atomic E-state index is 12.1. The number of anilines is 2. The Morgan fingerprint density at radius 2 is 1.88 bits per heavy atom. The van der Waals surface area contributed by atoms with Crippen molar-refractivity contribution in [2.24, 2.45) is 0 Å². The molecule has 0 saturated carbocycles. The Hall–Kier alpha value is -2.67. The summed E-state index contributed by atoms with van der Waals surface area (Å²) in [5.41, 5.74) is 2.24. The Kier molecular flexibility index (Phi) is 7.35. The van der Waals surface area contributed by atoms with Gasteiger partial charge in [0.1, 0.15) is 0 Å². The van der Waals surface area contributed by atoms with E-state index in [-0.39, 0.29) is 17.7 Å². The van der Waals surface area contributed by atoms with E-state index in [0.717, 1.165) is 5.56 Å². The van der Waals surface area contributed by atoms with Crippen LogP contribution in [0.15, 0.2) is 35.7 Å². The molecule has 2 aromatic rings. The zero-order valence-electron chi connectivity index (χ0n) is 14.9. The zero-order valence-corrected chi connectivity index (χ0v) is 15.7. The summed E-state index contributed by atoms with van der Waals surface area (Å²) >= 11 is 1.38. The van der Waals surface area contributed by atoms with Crippen molar-refractivity contribution >= 4 is 40.4 Å². The number of thiophene rings is 1. The lowest BCUT2D eigenvalue weighted by Crippen LogP contribution is -2.24. The number of nitrogens with one attached hydrogen (secondary N) is 3. The van der Waals surface area contributed by atoms with Crippen molar-refractivity contribution in [2.45, 2.75) is 33.1 Å². The third kappa shape index (κ3) is 6.00. The number of hydrogen-bond acceptors (Lipinski definition) is 4. The molecule has 0 atom stereocenters. The number of rotatable bonds is 8. The highest BCUT2D eigenvalue weighted by molar-refractivity contribution is 7.12. The summed E-state index contributed by atoms with van der Waals surface area (Å²) in [7, 11) is 0. The van der Waals surface area contributed by atoms with Crippen LogP contribution in [-0.2, 0) is 9.59 Å². The summed E-state index contributed by atoms with van der Waals surface area (Å²) < 4.78 is 0. The molecule has 3 N–H and O–H groups in total. The van der Waals surface area contributed by atoms with Crippen molar-refractivity contribution in [3.8, 4) is 0 Å². The third-order valence-corrected chi connectivity index (χ3v) is 4.60. The average Bonchev–Trinajstić information content (AvgIpc) is 3.16. The smallest absolute Gasteiger partial charge is 0.261 e. The van der Waals surface area contributed by atoms with Gasteiger partial charge in [0.05, 0.1) is 4.88 Å². The van der Waals surface area contributed by atoms with Crippen LogP contribution >= 0.6 is 11.3 Å². The summed E-state index contributed by atoms with van der Waals surface area (Å²) in [6, 6.07) is 8.99. The van der Waals surface area contributed by atoms with Crippen molar-refractivity contribution in [3.63, 3.8) is 0 Å². The summed E-state index contributed by atoms with van der Waals surface area (Å²) in [5, 5.41) is 10.3. The molecule has 0 bridgehead atoms. The second-order valence-electron chi connectivity index (χ2n) is 5.82. The van der Waals surface area contributed by atoms with Gasteiger partial charge < -0.3 is 16.0 Å². The standard InChI is InChI=1S/C19H23N3O3S/c1-3-17(23)21-14-9-8-13(2)15(12-14)22-18(24)7-4-10-20-19(25)16-6-5-11-26-16/h5-6,8-9,11-12H,3-4,7,10H2,1-2H3,(H,20,25)(H,21,23)(H,22,24). The predicted octanol–water partition coefficient (Wildman–Crippen LogP) is 3.55. The van der Waals surface area contributed by atoms with Crippen LogP contribution in [0.2, 0.25) is 0 Å². The maximum absolute atomic E-state index is 12.1. The molecule has 1 aromatic carbocycles. The zero-order chi connectivity index (χ0) is 18.9. The molecular weight excluding hydrogens is 350 g/mol. The molecule has 0 aliphatic rings. The first-order valence-corrected chi connectivity index (χ1v) is 9.39. The van der Waals surface area contributed by atoms with Gasteiger partial charge in [-0.3, -0.25) is 14.4 Å². The van der Waals surface area contributed by atoms with E-state index in [1.165, 1.54) is 11.3 Å². The molecule has 0 aliphatic heterocycles. The second kappa shape index (κ2) is 9.72. The lowest BCUT2D eigenvalue weighted by Gasteiger charge is -2.11. The highest BCUT2D eigenvalue weighted by Crippen LogP contribution is 2.20. The largest absolute Gasteiger partial charge is 0.351 e. The van der Waals surface area contributed by atoms with Crippen molar-refractivity contribution in [1.82, 2.24) is 5.32 Å². The minimum Gasteiger partial charge on any atom is -0.351 e. The first kappa shape index (κ1) is 19.7. The quantitative estimate of drug-likeness (QED) is 0.618. The molecule has 1 aromatic heterocycles. The average molecular weight is 373 g/mol. The number of amides is 3. The number of carbonyl (C=O) groups is 3. The molecule has 0 aliphatic carbocycles. The Bertz CT molecular complexity index is 772. The van der Waals surface area contributed by atoms with Crippen molar-refractivity contribution in [2.75, 3.05) is 17.2 Å². The molecule has 0 fully saturated rings. The van der Waals surface area contributed by atoms with Crippen LogP contribution < -0.4 is 16.0 Å². The normalized spacial score (nSPS) is 10.2. The molecule has 7 heteroatoms. The van der Waals surface area contributed by atoms with Crippen molar-refractivity contribution in [3.05, 3.63) is 46.2 Å². The lowest BCUT2D eigenvalue weighted by molar-refractivity contribution is -0.116. The van der Waals surface area contributed by atoms with E-state index < -0.39 is 0 Å². The van der Waals surface area contributed by atoms with Crippen molar-refractivity contribution in [1.29, 1.82) is 0 Å². The van der Waals surface area contributed by atoms with Crippen LogP contribution in [0.4, 0.5) is 11.4 Å². The molecule has 2 rings (SSSR count). The third-order valence-electron chi connectivity index (χ3n) is 3.73. The van der Waals surface area contributed by atoms with Gasteiger partial charge in [0, 0.05) is 30.8 Å². The van der Waals surface area contributed by atoms with Gasteiger partial charge in [-0.25, -0.2) is 0 Å². The van der Waals surface area contributed by atoms with E-state index >= 15 is 0 Å². The summed E-state index contributed by atoms with van der Waals surface area (Å²) in [4.78, 5) is 36.1. The van der Waals surface area contributed by atoms with Crippen LogP contribution in [0.3, 0.4) is 0 Å². The molecule has 6 nitrogen and oxygen atoms in total. The number of hydrogen-bond donors (Lipinski definition) is 3. The Labute approximate surface area is 157 Å². The van der Waals surface area contributed by atoms with Gasteiger partial charge in [0.2, 0.25) is 11.8 Å². The van der Waals surface area contributed by atoms with Gasteiger partial charge >= 0.3 is 0 Å². The molecule has 0 spiro atoms. The maximum Gasteiger partial charge on any atom is 0.261 e. The fourth-order valence-electron chi connectivity index (χ4n) is 2.24. The second-order valence-corrected chi connectivity index (χ2v) is 6.76. The van der Waals surface area contributed by atoms with Crippen LogP contribution in [0, 0.1) is 6.92 Å². The van der Waals surface area contributed by atoms with E-state index in [1.807, 2.05) is 24.4 Å². The monoisotopic (exact) mass is 373 g/mol. The Morgan fingerprint density at radius 1 is 1.08 bits per heavy atom. The minimum atomic E-state index is -0.127. The molecule has 0 unspecified atom stereocenters. The number of aryl methyl sites for hydroxylation is 1. The first-order chi connectivity index (χ1) is 12.5. The van der Waals surface area contributed by atoms with Crippen LogP contribution in [-0.4, -0.2) is 24.3 Å². The summed E-state index contributed by atoms with van der Waals surface area (Å²) in [6.07, 6.45) is 1.25. The van der Waals surface area contributed by atoms with Gasteiger partial charge in [-0.05, 0) is 42.5 Å². The first-order valence-electron chi connectivity index (χ1n) is 8.51. The van der Waals surface area contributed by atoms with E-state index in [4.69, 9.17) is 0 Å². The van der Waals surface area contributed by atoms with E-state index in [2.05, 4.69) is 16.0 Å². The van der Waals surface area contributed by atoms with Crippen LogP contribution in [0.25, 0.3) is 0 Å². The van der Waals surface area contributed by atoms with Gasteiger partial charge in [-0.1, -0.05) is 19.1 Å². The molecular formula is C19H23N3O3S. The number of benzene rings is 1.